The first-order valence-corrected chi connectivity index (χ1v) is 15.5. The van der Waals surface area contributed by atoms with E-state index in [1.165, 1.54) is 0 Å². The van der Waals surface area contributed by atoms with E-state index in [4.69, 9.17) is 28.2 Å². The van der Waals surface area contributed by atoms with Gasteiger partial charge in [-0.2, -0.15) is 0 Å². The fourth-order valence-electron chi connectivity index (χ4n) is 5.15. The zero-order valence-electron chi connectivity index (χ0n) is 24.3. The molecule has 0 aromatic carbocycles. The molecular formula is C23H40NO22P. The maximum atomic E-state index is 12.7. The number of quaternary nitrogens is 1. The molecule has 13 N–H and O–H groups in total. The van der Waals surface area contributed by atoms with Crippen LogP contribution in [0.4, 0.5) is 0 Å². The standard InChI is InChI=1S/C23H40NO22P/c24-10-12(31)18(44-23-17(36)13(32)11(30)8(2-26)42-23)9(3-27)43-22(10)45-20-16(35)14(33)15(34)19(40-6-29)21(20)46-47(37,38)41-4-7(1-25)39-5-28/h5-23,25-27,30-36H,1-4,24H2,(H,37,38)/t7-,8-,9-,10-,11-,12-,13+,14-,15-,16+,17+,18-,19-,20-,21-,22-,23-/m1/s1. The average molecular weight is 714 g/mol. The molecule has 2 aliphatic heterocycles. The topological polar surface area (TPSA) is 378 Å². The first-order chi connectivity index (χ1) is 22.2. The van der Waals surface area contributed by atoms with Crippen molar-refractivity contribution in [3.05, 3.63) is 0 Å². The Hall–Kier alpha value is -1.55. The van der Waals surface area contributed by atoms with Gasteiger partial charge in [0, 0.05) is 0 Å². The first kappa shape index (κ1) is 39.9. The highest BCUT2D eigenvalue weighted by Crippen LogP contribution is 2.45. The van der Waals surface area contributed by atoms with Crippen LogP contribution in [-0.4, -0.2) is 195 Å². The molecule has 2 saturated heterocycles. The molecule has 24 heteroatoms. The minimum Gasteiger partial charge on any atom is -0.756 e. The van der Waals surface area contributed by atoms with Crippen LogP contribution >= 0.6 is 7.82 Å². The summed E-state index contributed by atoms with van der Waals surface area (Å²) in [6.45, 7) is -3.90. The van der Waals surface area contributed by atoms with E-state index in [2.05, 4.69) is 15.0 Å². The minimum absolute atomic E-state index is 0.0964. The van der Waals surface area contributed by atoms with E-state index in [0.29, 0.717) is 0 Å². The summed E-state index contributed by atoms with van der Waals surface area (Å²) < 4.78 is 53.4. The molecule has 2 heterocycles. The average Bonchev–Trinajstić information content (AvgIpc) is 3.04. The van der Waals surface area contributed by atoms with Gasteiger partial charge in [-0.05, 0) is 0 Å². The van der Waals surface area contributed by atoms with E-state index in [-0.39, 0.29) is 12.9 Å². The zero-order valence-corrected chi connectivity index (χ0v) is 25.2. The number of phosphoric acid groups is 1. The second kappa shape index (κ2) is 17.4. The number of ether oxygens (including phenoxy) is 6. The van der Waals surface area contributed by atoms with E-state index in [1.54, 1.807) is 0 Å². The van der Waals surface area contributed by atoms with Gasteiger partial charge in [0.1, 0.15) is 79.4 Å². The summed E-state index contributed by atoms with van der Waals surface area (Å²) in [5.41, 5.74) is 3.68. The monoisotopic (exact) mass is 713 g/mol. The van der Waals surface area contributed by atoms with Crippen molar-refractivity contribution in [3.63, 3.8) is 0 Å². The lowest BCUT2D eigenvalue weighted by Crippen LogP contribution is -2.79. The Morgan fingerprint density at radius 1 is 0.723 bits per heavy atom. The van der Waals surface area contributed by atoms with Gasteiger partial charge in [-0.15, -0.1) is 0 Å². The lowest BCUT2D eigenvalue weighted by molar-refractivity contribution is -0.510. The largest absolute Gasteiger partial charge is 0.756 e. The number of carbonyl (C=O) groups is 2. The highest BCUT2D eigenvalue weighted by molar-refractivity contribution is 7.45. The molecule has 18 atom stereocenters. The molecule has 0 radical (unpaired) electrons. The molecule has 0 aromatic rings. The van der Waals surface area contributed by atoms with Crippen molar-refractivity contribution in [3.8, 4) is 0 Å². The smallest absolute Gasteiger partial charge is 0.293 e. The summed E-state index contributed by atoms with van der Waals surface area (Å²) in [5, 5.41) is 102. The predicted octanol–water partition coefficient (Wildman–Crippen LogP) is -9.71. The molecule has 3 aliphatic rings. The lowest BCUT2D eigenvalue weighted by Gasteiger charge is -2.49. The van der Waals surface area contributed by atoms with E-state index in [0.717, 1.165) is 0 Å². The fourth-order valence-corrected chi connectivity index (χ4v) is 6.09. The zero-order chi connectivity index (χ0) is 35.2. The van der Waals surface area contributed by atoms with Gasteiger partial charge in [-0.3, -0.25) is 14.2 Å². The minimum atomic E-state index is -5.57. The summed E-state index contributed by atoms with van der Waals surface area (Å²) in [7, 11) is -5.57. The van der Waals surface area contributed by atoms with Crippen LogP contribution in [0.5, 0.6) is 0 Å². The van der Waals surface area contributed by atoms with Crippen molar-refractivity contribution in [2.45, 2.75) is 104 Å². The van der Waals surface area contributed by atoms with Crippen molar-refractivity contribution < 1.29 is 113 Å². The predicted molar refractivity (Wildman–Crippen MR) is 137 cm³/mol. The molecule has 0 bridgehead atoms. The quantitative estimate of drug-likeness (QED) is 0.0522. The van der Waals surface area contributed by atoms with Gasteiger partial charge in [-0.1, -0.05) is 0 Å². The summed E-state index contributed by atoms with van der Waals surface area (Å²) in [4.78, 5) is 34.4. The maximum Gasteiger partial charge on any atom is 0.293 e. The number of hydrogen-bond donors (Lipinski definition) is 11. The Balaban J connectivity index is 1.84. The maximum absolute atomic E-state index is 12.7. The van der Waals surface area contributed by atoms with E-state index < -0.39 is 138 Å². The molecule has 47 heavy (non-hydrogen) atoms. The molecule has 0 spiro atoms. The number of carbonyl (C=O) groups excluding carboxylic acids is 2. The molecule has 0 amide bonds. The third-order valence-electron chi connectivity index (χ3n) is 7.77. The molecule has 3 fully saturated rings. The molecule has 1 saturated carbocycles. The molecule has 3 rings (SSSR count). The molecule has 1 aliphatic carbocycles. The van der Waals surface area contributed by atoms with Crippen molar-refractivity contribution in [1.82, 2.24) is 0 Å². The van der Waals surface area contributed by atoms with Crippen LogP contribution in [0.2, 0.25) is 0 Å². The summed E-state index contributed by atoms with van der Waals surface area (Å²) in [6, 6.07) is -1.48. The van der Waals surface area contributed by atoms with Gasteiger partial charge in [0.15, 0.2) is 18.4 Å². The van der Waals surface area contributed by atoms with Crippen LogP contribution in [0.25, 0.3) is 0 Å². The molecule has 1 unspecified atom stereocenters. The van der Waals surface area contributed by atoms with Crippen LogP contribution in [-0.2, 0) is 51.6 Å². The Kier molecular flexibility index (Phi) is 14.8. The van der Waals surface area contributed by atoms with Crippen LogP contribution < -0.4 is 10.6 Å². The Morgan fingerprint density at radius 3 is 1.87 bits per heavy atom. The highest BCUT2D eigenvalue weighted by Gasteiger charge is 2.57. The van der Waals surface area contributed by atoms with Crippen molar-refractivity contribution in [2.24, 2.45) is 0 Å². The first-order valence-electron chi connectivity index (χ1n) is 14.0. The van der Waals surface area contributed by atoms with Crippen LogP contribution in [0.15, 0.2) is 0 Å². The van der Waals surface area contributed by atoms with Crippen LogP contribution in [0, 0.1) is 0 Å². The Bertz CT molecular complexity index is 1040. The van der Waals surface area contributed by atoms with Crippen LogP contribution in [0.3, 0.4) is 0 Å². The van der Waals surface area contributed by atoms with Gasteiger partial charge in [-0.25, -0.2) is 0 Å². The normalized spacial score (nSPS) is 44.6. The van der Waals surface area contributed by atoms with Gasteiger partial charge in [0.05, 0.1) is 26.4 Å². The van der Waals surface area contributed by atoms with Crippen LogP contribution in [0.1, 0.15) is 0 Å². The van der Waals surface area contributed by atoms with Gasteiger partial charge in [0.25, 0.3) is 20.8 Å². The number of rotatable bonds is 16. The number of phosphoric ester groups is 1. The number of aliphatic hydroxyl groups is 10. The lowest BCUT2D eigenvalue weighted by atomic mass is 9.84. The number of hydrogen-bond acceptors (Lipinski definition) is 22. The third-order valence-corrected chi connectivity index (χ3v) is 8.73. The molecule has 0 aromatic heterocycles. The summed E-state index contributed by atoms with van der Waals surface area (Å²) in [5.74, 6) is 0. The molecule has 23 nitrogen and oxygen atoms in total. The Labute approximate surface area is 265 Å². The second-order valence-corrected chi connectivity index (χ2v) is 12.2. The summed E-state index contributed by atoms with van der Waals surface area (Å²) in [6.07, 6.45) is -29.8. The van der Waals surface area contributed by atoms with Gasteiger partial charge < -0.3 is 99.2 Å². The van der Waals surface area contributed by atoms with Crippen molar-refractivity contribution >= 4 is 20.8 Å². The second-order valence-electron chi connectivity index (χ2n) is 10.8. The fraction of sp³-hybridized carbons (Fsp3) is 0.913. The van der Waals surface area contributed by atoms with Crippen molar-refractivity contribution in [2.75, 3.05) is 26.4 Å². The van der Waals surface area contributed by atoms with Gasteiger partial charge in [0.2, 0.25) is 6.29 Å². The van der Waals surface area contributed by atoms with E-state index >= 15 is 0 Å². The summed E-state index contributed by atoms with van der Waals surface area (Å²) >= 11 is 0. The SMILES string of the molecule is [NH3+][C@H]1[C@@H](O[C@@H]2[C@@H](O)[C@H](O)[C@@H](O)[C@@H](OC=O)[C@H]2OP(=O)([O-])OC[C@@H](CO)OC=O)O[C@H](CO)[C@@H](O[C@H]2O[C@H](CO)[C@@H](O)[C@H](O)[C@@H]2O)[C@@H]1O. The number of aliphatic hydroxyl groups excluding tert-OH is 10. The van der Waals surface area contributed by atoms with E-state index in [9.17, 15) is 70.1 Å². The third kappa shape index (κ3) is 9.17. The van der Waals surface area contributed by atoms with E-state index in [1.807, 2.05) is 0 Å². The van der Waals surface area contributed by atoms with Crippen molar-refractivity contribution in [1.29, 1.82) is 0 Å². The van der Waals surface area contributed by atoms with Gasteiger partial charge >= 0.3 is 0 Å². The molecular weight excluding hydrogens is 673 g/mol. The highest BCUT2D eigenvalue weighted by atomic mass is 31.2. The molecule has 274 valence electrons. The Morgan fingerprint density at radius 2 is 1.30 bits per heavy atom.